The van der Waals surface area contributed by atoms with E-state index in [4.69, 9.17) is 10.5 Å². The largest absolute Gasteiger partial charge is 0.453 e. The molecule has 0 aliphatic carbocycles. The Bertz CT molecular complexity index is 924. The van der Waals surface area contributed by atoms with E-state index < -0.39 is 0 Å². The molecule has 2 aromatic rings. The van der Waals surface area contributed by atoms with Crippen LogP contribution in [0.2, 0.25) is 0 Å². The standard InChI is InChI=1S/C15H22N2.C10H15N3O2/c1-3-7-15-12(2)17(15)11-10-14(16)13-8-5-4-6-9-13;1-7-11-8-4-5-13(10(14)15-3)6-9(8)12(7)2/h4-6,8-9,14-15H,2-3,7,10-11,16H2,1H3;4-6H2,1-3H3. The number of hydrogen-bond acceptors (Lipinski definition) is 5. The smallest absolute Gasteiger partial charge is 0.409 e. The molecule has 2 aliphatic rings. The van der Waals surface area contributed by atoms with Crippen molar-refractivity contribution in [2.45, 2.75) is 58.2 Å². The van der Waals surface area contributed by atoms with Gasteiger partial charge in [0.05, 0.1) is 31.1 Å². The minimum Gasteiger partial charge on any atom is -0.453 e. The molecule has 0 spiro atoms. The van der Waals surface area contributed by atoms with E-state index in [0.717, 1.165) is 36.6 Å². The van der Waals surface area contributed by atoms with Crippen LogP contribution in [0, 0.1) is 6.92 Å². The summed E-state index contributed by atoms with van der Waals surface area (Å²) in [6.07, 6.45) is 4.01. The fourth-order valence-electron chi connectivity index (χ4n) is 4.28. The Hall–Kier alpha value is -2.80. The molecule has 2 atom stereocenters. The van der Waals surface area contributed by atoms with Gasteiger partial charge in [-0.05, 0) is 25.3 Å². The molecule has 2 N–H and O–H groups in total. The molecule has 3 heterocycles. The Morgan fingerprint density at radius 3 is 2.72 bits per heavy atom. The molecule has 1 fully saturated rings. The second-order valence-electron chi connectivity index (χ2n) is 8.55. The van der Waals surface area contributed by atoms with Crippen molar-refractivity contribution in [1.82, 2.24) is 19.4 Å². The lowest BCUT2D eigenvalue weighted by Gasteiger charge is -2.25. The van der Waals surface area contributed by atoms with Crippen LogP contribution in [0.4, 0.5) is 4.79 Å². The number of hydrogen-bond donors (Lipinski definition) is 1. The lowest BCUT2D eigenvalue weighted by Crippen LogP contribution is -2.36. The van der Waals surface area contributed by atoms with Crippen LogP contribution < -0.4 is 5.73 Å². The van der Waals surface area contributed by atoms with Crippen LogP contribution in [0.1, 0.15) is 55.0 Å². The molecule has 1 aromatic heterocycles. The van der Waals surface area contributed by atoms with Gasteiger partial charge in [-0.3, -0.25) is 0 Å². The number of aromatic nitrogens is 2. The number of nitrogens with two attached hydrogens (primary N) is 1. The summed E-state index contributed by atoms with van der Waals surface area (Å²) < 4.78 is 6.74. The van der Waals surface area contributed by atoms with Gasteiger partial charge in [-0.15, -0.1) is 0 Å². The maximum atomic E-state index is 11.4. The van der Waals surface area contributed by atoms with Crippen molar-refractivity contribution < 1.29 is 9.53 Å². The van der Waals surface area contributed by atoms with Crippen LogP contribution in [-0.4, -0.2) is 51.7 Å². The van der Waals surface area contributed by atoms with E-state index in [1.165, 1.54) is 31.2 Å². The second-order valence-corrected chi connectivity index (χ2v) is 8.55. The monoisotopic (exact) mass is 439 g/mol. The van der Waals surface area contributed by atoms with Crippen LogP contribution in [0.25, 0.3) is 0 Å². The van der Waals surface area contributed by atoms with Gasteiger partial charge in [-0.25, -0.2) is 9.78 Å². The van der Waals surface area contributed by atoms with Crippen molar-refractivity contribution in [3.63, 3.8) is 0 Å². The van der Waals surface area contributed by atoms with Gasteiger partial charge >= 0.3 is 6.09 Å². The molecule has 1 saturated heterocycles. The van der Waals surface area contributed by atoms with Crippen LogP contribution in [0.5, 0.6) is 0 Å². The van der Waals surface area contributed by atoms with Crippen LogP contribution in [-0.2, 0) is 24.8 Å². The van der Waals surface area contributed by atoms with Gasteiger partial charge in [-0.1, -0.05) is 50.3 Å². The number of imidazole rings is 1. The van der Waals surface area contributed by atoms with Crippen LogP contribution in [0.15, 0.2) is 42.6 Å². The third kappa shape index (κ3) is 5.51. The summed E-state index contributed by atoms with van der Waals surface area (Å²) >= 11 is 0. The zero-order valence-electron chi connectivity index (χ0n) is 19.9. The number of benzene rings is 1. The van der Waals surface area contributed by atoms with Crippen molar-refractivity contribution in [2.24, 2.45) is 12.8 Å². The summed E-state index contributed by atoms with van der Waals surface area (Å²) in [6, 6.07) is 11.1. The van der Waals surface area contributed by atoms with Gasteiger partial charge in [0.2, 0.25) is 0 Å². The Kier molecular flexibility index (Phi) is 7.96. The quantitative estimate of drug-likeness (QED) is 0.690. The first-order chi connectivity index (χ1) is 15.4. The molecule has 7 nitrogen and oxygen atoms in total. The lowest BCUT2D eigenvalue weighted by atomic mass is 10.1. The average molecular weight is 440 g/mol. The van der Waals surface area contributed by atoms with Crippen molar-refractivity contribution in [3.05, 3.63) is 65.4 Å². The molecular formula is C25H37N5O2. The number of carbonyl (C=O) groups excluding carboxylic acids is 1. The number of fused-ring (bicyclic) bond motifs is 1. The molecule has 7 heteroatoms. The molecule has 2 aliphatic heterocycles. The number of nitrogens with zero attached hydrogens (tertiary/aromatic N) is 4. The second kappa shape index (κ2) is 10.7. The molecule has 1 aromatic carbocycles. The van der Waals surface area contributed by atoms with Gasteiger partial charge in [0.15, 0.2) is 0 Å². The highest BCUT2D eigenvalue weighted by molar-refractivity contribution is 5.67. The van der Waals surface area contributed by atoms with E-state index in [1.54, 1.807) is 4.90 Å². The molecule has 0 saturated carbocycles. The fraction of sp³-hybridized carbons (Fsp3) is 0.520. The minimum atomic E-state index is -0.264. The number of carbonyl (C=O) groups is 1. The first-order valence-corrected chi connectivity index (χ1v) is 11.5. The minimum absolute atomic E-state index is 0.145. The SMILES string of the molecule is C=C1C(CCC)N1CCC(N)c1ccccc1.COC(=O)N1CCc2nc(C)n(C)c2C1. The predicted molar refractivity (Wildman–Crippen MR) is 127 cm³/mol. The van der Waals surface area contributed by atoms with E-state index >= 15 is 0 Å². The Balaban J connectivity index is 0.000000182. The molecule has 2 unspecified atom stereocenters. The maximum absolute atomic E-state index is 11.4. The zero-order valence-corrected chi connectivity index (χ0v) is 19.9. The highest BCUT2D eigenvalue weighted by Crippen LogP contribution is 2.35. The molecule has 32 heavy (non-hydrogen) atoms. The summed E-state index contributed by atoms with van der Waals surface area (Å²) in [5.41, 5.74) is 10.9. The van der Waals surface area contributed by atoms with Gasteiger partial charge in [-0.2, -0.15) is 0 Å². The fourth-order valence-corrected chi connectivity index (χ4v) is 4.28. The van der Waals surface area contributed by atoms with Crippen molar-refractivity contribution in [3.8, 4) is 0 Å². The van der Waals surface area contributed by atoms with Crippen molar-refractivity contribution in [1.29, 1.82) is 0 Å². The maximum Gasteiger partial charge on any atom is 0.409 e. The highest BCUT2D eigenvalue weighted by Gasteiger charge is 2.36. The highest BCUT2D eigenvalue weighted by atomic mass is 16.5. The summed E-state index contributed by atoms with van der Waals surface area (Å²) in [5.74, 6) is 0.992. The van der Waals surface area contributed by atoms with Crippen LogP contribution in [0.3, 0.4) is 0 Å². The topological polar surface area (TPSA) is 76.4 Å². The average Bonchev–Trinajstić information content (AvgIpc) is 3.33. The zero-order chi connectivity index (χ0) is 23.3. The van der Waals surface area contributed by atoms with Crippen molar-refractivity contribution in [2.75, 3.05) is 20.2 Å². The first kappa shape index (κ1) is 23.9. The molecule has 1 amide bonds. The normalized spacial score (nSPS) is 17.9. The van der Waals surface area contributed by atoms with E-state index in [-0.39, 0.29) is 12.1 Å². The third-order valence-electron chi connectivity index (χ3n) is 6.45. The van der Waals surface area contributed by atoms with E-state index in [0.29, 0.717) is 19.1 Å². The van der Waals surface area contributed by atoms with Gasteiger partial charge in [0.25, 0.3) is 0 Å². The molecule has 0 radical (unpaired) electrons. The van der Waals surface area contributed by atoms with Gasteiger partial charge < -0.3 is 24.8 Å². The molecular weight excluding hydrogens is 402 g/mol. The van der Waals surface area contributed by atoms with E-state index in [1.807, 2.05) is 36.7 Å². The van der Waals surface area contributed by atoms with E-state index in [9.17, 15) is 4.79 Å². The third-order valence-corrected chi connectivity index (χ3v) is 6.45. The number of aryl methyl sites for hydroxylation is 1. The Morgan fingerprint density at radius 1 is 1.34 bits per heavy atom. The summed E-state index contributed by atoms with van der Waals surface area (Å²) in [6.45, 7) is 10.6. The number of methoxy groups -OCH3 is 1. The van der Waals surface area contributed by atoms with E-state index in [2.05, 4.69) is 35.5 Å². The van der Waals surface area contributed by atoms with Crippen LogP contribution >= 0.6 is 0 Å². The molecule has 0 bridgehead atoms. The molecule has 174 valence electrons. The number of ether oxygens (including phenoxy) is 1. The number of rotatable bonds is 6. The summed E-state index contributed by atoms with van der Waals surface area (Å²) in [5, 5.41) is 0. The van der Waals surface area contributed by atoms with Gasteiger partial charge in [0.1, 0.15) is 5.82 Å². The lowest BCUT2D eigenvalue weighted by molar-refractivity contribution is 0.117. The van der Waals surface area contributed by atoms with Gasteiger partial charge in [0, 0.05) is 38.3 Å². The summed E-state index contributed by atoms with van der Waals surface area (Å²) in [4.78, 5) is 19.9. The Labute approximate surface area is 191 Å². The predicted octanol–water partition coefficient (Wildman–Crippen LogP) is 3.93. The first-order valence-electron chi connectivity index (χ1n) is 11.5. The molecule has 4 rings (SSSR count). The Morgan fingerprint density at radius 2 is 2.06 bits per heavy atom. The number of amides is 1. The van der Waals surface area contributed by atoms with Crippen molar-refractivity contribution >= 4 is 6.09 Å². The summed E-state index contributed by atoms with van der Waals surface area (Å²) in [7, 11) is 3.38.